The molecule has 0 aliphatic heterocycles. The fourth-order valence-corrected chi connectivity index (χ4v) is 2.23. The number of hydrogen-bond acceptors (Lipinski definition) is 6. The molecular formula is C12H6Cl2N4O3. The molecule has 2 rings (SSSR count). The highest BCUT2D eigenvalue weighted by Crippen LogP contribution is 2.38. The summed E-state index contributed by atoms with van der Waals surface area (Å²) >= 11 is 11.8. The summed E-state index contributed by atoms with van der Waals surface area (Å²) in [5, 5.41) is 20.2. The second-order valence-corrected chi connectivity index (χ2v) is 4.57. The molecule has 0 amide bonds. The minimum Gasteiger partial charge on any atom is -0.480 e. The van der Waals surface area contributed by atoms with Gasteiger partial charge in [-0.1, -0.05) is 23.2 Å². The average molecular weight is 325 g/mol. The van der Waals surface area contributed by atoms with Crippen LogP contribution in [0.2, 0.25) is 10.0 Å². The van der Waals surface area contributed by atoms with Crippen molar-refractivity contribution in [2.24, 2.45) is 0 Å². The first kappa shape index (κ1) is 15.0. The number of nitro groups is 1. The number of nitriles is 1. The minimum atomic E-state index is -0.646. The molecule has 1 heterocycles. The van der Waals surface area contributed by atoms with Crippen molar-refractivity contribution in [3.63, 3.8) is 0 Å². The molecule has 0 unspecified atom stereocenters. The van der Waals surface area contributed by atoms with Gasteiger partial charge in [0.2, 0.25) is 5.88 Å². The molecule has 0 aliphatic rings. The van der Waals surface area contributed by atoms with E-state index in [1.807, 2.05) is 6.07 Å². The Morgan fingerprint density at radius 2 is 2.05 bits per heavy atom. The molecule has 106 valence electrons. The molecule has 0 spiro atoms. The predicted octanol–water partition coefficient (Wildman–Crippen LogP) is 3.24. The lowest BCUT2D eigenvalue weighted by Gasteiger charge is -2.08. The first-order valence-corrected chi connectivity index (χ1v) is 6.18. The zero-order chi connectivity index (χ0) is 15.6. The zero-order valence-corrected chi connectivity index (χ0v) is 12.0. The van der Waals surface area contributed by atoms with E-state index in [1.165, 1.54) is 19.5 Å². The second-order valence-electron chi connectivity index (χ2n) is 3.76. The summed E-state index contributed by atoms with van der Waals surface area (Å²) in [5.41, 5.74) is 0.0233. The van der Waals surface area contributed by atoms with Crippen molar-refractivity contribution in [2.75, 3.05) is 7.11 Å². The van der Waals surface area contributed by atoms with Crippen molar-refractivity contribution in [1.29, 1.82) is 5.26 Å². The van der Waals surface area contributed by atoms with Crippen molar-refractivity contribution < 1.29 is 9.66 Å². The van der Waals surface area contributed by atoms with Crippen LogP contribution in [0, 0.1) is 21.4 Å². The molecule has 21 heavy (non-hydrogen) atoms. The van der Waals surface area contributed by atoms with Gasteiger partial charge in [-0.3, -0.25) is 10.1 Å². The molecule has 0 N–H and O–H groups in total. The number of aromatic nitrogens is 2. The number of nitro benzene ring substituents is 1. The largest absolute Gasteiger partial charge is 0.480 e. The molecule has 7 nitrogen and oxygen atoms in total. The molecule has 0 saturated carbocycles. The number of ether oxygens (including phenoxy) is 1. The van der Waals surface area contributed by atoms with Crippen LogP contribution in [-0.4, -0.2) is 22.0 Å². The Labute approximate surface area is 128 Å². The highest BCUT2D eigenvalue weighted by molar-refractivity contribution is 6.37. The number of hydrogen-bond donors (Lipinski definition) is 0. The molecule has 9 heteroatoms. The topological polar surface area (TPSA) is 102 Å². The van der Waals surface area contributed by atoms with Gasteiger partial charge in [0.05, 0.1) is 22.7 Å². The van der Waals surface area contributed by atoms with E-state index in [1.54, 1.807) is 0 Å². The Morgan fingerprint density at radius 1 is 1.33 bits per heavy atom. The zero-order valence-electron chi connectivity index (χ0n) is 10.5. The monoisotopic (exact) mass is 324 g/mol. The SMILES string of the molecule is COc1ncnc(-c2cc([N+](=O)[O-])c(Cl)cc2Cl)c1C#N. The molecule has 0 saturated heterocycles. The van der Waals surface area contributed by atoms with Gasteiger partial charge < -0.3 is 4.74 Å². The number of benzene rings is 1. The molecule has 0 atom stereocenters. The number of halogens is 2. The third kappa shape index (κ3) is 2.72. The molecule has 0 radical (unpaired) electrons. The van der Waals surface area contributed by atoms with Crippen LogP contribution in [0.1, 0.15) is 5.56 Å². The highest BCUT2D eigenvalue weighted by Gasteiger charge is 2.21. The van der Waals surface area contributed by atoms with Crippen LogP contribution in [-0.2, 0) is 0 Å². The summed E-state index contributed by atoms with van der Waals surface area (Å²) < 4.78 is 4.96. The smallest absolute Gasteiger partial charge is 0.288 e. The van der Waals surface area contributed by atoms with Crippen LogP contribution >= 0.6 is 23.2 Å². The fourth-order valence-electron chi connectivity index (χ4n) is 1.69. The van der Waals surface area contributed by atoms with E-state index in [-0.39, 0.29) is 38.4 Å². The second kappa shape index (κ2) is 5.91. The summed E-state index contributed by atoms with van der Waals surface area (Å²) in [7, 11) is 1.35. The Kier molecular flexibility index (Phi) is 4.21. The van der Waals surface area contributed by atoms with Gasteiger partial charge in [0, 0.05) is 11.6 Å². The van der Waals surface area contributed by atoms with E-state index >= 15 is 0 Å². The van der Waals surface area contributed by atoms with Gasteiger partial charge >= 0.3 is 0 Å². The lowest BCUT2D eigenvalue weighted by Crippen LogP contribution is -1.99. The molecule has 0 bridgehead atoms. The Balaban J connectivity index is 2.76. The van der Waals surface area contributed by atoms with Crippen LogP contribution in [0.4, 0.5) is 5.69 Å². The first-order chi connectivity index (χ1) is 9.99. The maximum atomic E-state index is 10.9. The van der Waals surface area contributed by atoms with Crippen molar-refractivity contribution in [1.82, 2.24) is 9.97 Å². The van der Waals surface area contributed by atoms with Crippen LogP contribution in [0.25, 0.3) is 11.3 Å². The third-order valence-corrected chi connectivity index (χ3v) is 3.22. The van der Waals surface area contributed by atoms with Crippen molar-refractivity contribution in [2.45, 2.75) is 0 Å². The molecule has 0 fully saturated rings. The Bertz CT molecular complexity index is 774. The molecule has 1 aromatic heterocycles. The van der Waals surface area contributed by atoms with E-state index in [0.29, 0.717) is 0 Å². The van der Waals surface area contributed by atoms with Gasteiger partial charge in [0.25, 0.3) is 5.69 Å². The maximum absolute atomic E-state index is 10.9. The number of nitrogens with zero attached hydrogens (tertiary/aromatic N) is 4. The molecular weight excluding hydrogens is 319 g/mol. The minimum absolute atomic E-state index is 0.0264. The summed E-state index contributed by atoms with van der Waals surface area (Å²) in [5.74, 6) is 0.0520. The van der Waals surface area contributed by atoms with Gasteiger partial charge in [-0.15, -0.1) is 0 Å². The van der Waals surface area contributed by atoms with Crippen LogP contribution < -0.4 is 4.74 Å². The van der Waals surface area contributed by atoms with Crippen molar-refractivity contribution in [3.8, 4) is 23.2 Å². The standard InChI is InChI=1S/C12H6Cl2N4O3/c1-21-12-7(4-15)11(16-5-17-12)6-2-10(18(19)20)9(14)3-8(6)13/h2-3,5H,1H3. The molecule has 2 aromatic rings. The summed E-state index contributed by atoms with van der Waals surface area (Å²) in [4.78, 5) is 18.1. The quantitative estimate of drug-likeness (QED) is 0.634. The lowest BCUT2D eigenvalue weighted by atomic mass is 10.1. The summed E-state index contributed by atoms with van der Waals surface area (Å²) in [6.07, 6.45) is 1.17. The Hall–Kier alpha value is -2.43. The van der Waals surface area contributed by atoms with Gasteiger partial charge in [0.15, 0.2) is 0 Å². The van der Waals surface area contributed by atoms with Crippen molar-refractivity contribution >= 4 is 28.9 Å². The van der Waals surface area contributed by atoms with Gasteiger partial charge in [-0.05, 0) is 6.07 Å². The average Bonchev–Trinajstić information content (AvgIpc) is 2.46. The highest BCUT2D eigenvalue weighted by atomic mass is 35.5. The number of methoxy groups -OCH3 is 1. The van der Waals surface area contributed by atoms with Gasteiger partial charge in [-0.2, -0.15) is 5.26 Å². The van der Waals surface area contributed by atoms with Crippen molar-refractivity contribution in [3.05, 3.63) is 44.2 Å². The maximum Gasteiger partial charge on any atom is 0.288 e. The first-order valence-electron chi connectivity index (χ1n) is 5.42. The molecule has 1 aromatic carbocycles. The van der Waals surface area contributed by atoms with E-state index < -0.39 is 4.92 Å². The molecule has 0 aliphatic carbocycles. The Morgan fingerprint density at radius 3 is 2.62 bits per heavy atom. The van der Waals surface area contributed by atoms with E-state index in [9.17, 15) is 15.4 Å². The van der Waals surface area contributed by atoms with Crippen LogP contribution in [0.15, 0.2) is 18.5 Å². The summed E-state index contributed by atoms with van der Waals surface area (Å²) in [6, 6.07) is 4.28. The van der Waals surface area contributed by atoms with Gasteiger partial charge in [0.1, 0.15) is 23.0 Å². The van der Waals surface area contributed by atoms with E-state index in [0.717, 1.165) is 6.07 Å². The third-order valence-electron chi connectivity index (χ3n) is 2.61. The summed E-state index contributed by atoms with van der Waals surface area (Å²) in [6.45, 7) is 0. The van der Waals surface area contributed by atoms with E-state index in [2.05, 4.69) is 9.97 Å². The number of rotatable bonds is 3. The lowest BCUT2D eigenvalue weighted by molar-refractivity contribution is -0.384. The van der Waals surface area contributed by atoms with Gasteiger partial charge in [-0.25, -0.2) is 9.97 Å². The normalized spacial score (nSPS) is 10.0. The van der Waals surface area contributed by atoms with E-state index in [4.69, 9.17) is 27.9 Å². The van der Waals surface area contributed by atoms with Crippen LogP contribution in [0.3, 0.4) is 0 Å². The van der Waals surface area contributed by atoms with Crippen LogP contribution in [0.5, 0.6) is 5.88 Å². The fraction of sp³-hybridized carbons (Fsp3) is 0.0833. The predicted molar refractivity (Wildman–Crippen MR) is 75.4 cm³/mol.